The summed E-state index contributed by atoms with van der Waals surface area (Å²) in [6.45, 7) is 5.59. The zero-order valence-corrected chi connectivity index (χ0v) is 18.7. The molecule has 0 radical (unpaired) electrons. The molecule has 0 amide bonds. The van der Waals surface area contributed by atoms with E-state index in [1.165, 1.54) is 21.3 Å². The molecule has 3 heterocycles. The number of nitrogens with zero attached hydrogens (tertiary/aromatic N) is 3. The number of fused-ring (bicyclic) bond motifs is 2. The quantitative estimate of drug-likeness (QED) is 0.364. The van der Waals surface area contributed by atoms with Crippen LogP contribution in [-0.2, 0) is 13.1 Å². The summed E-state index contributed by atoms with van der Waals surface area (Å²) < 4.78 is 7.56. The van der Waals surface area contributed by atoms with Gasteiger partial charge in [0, 0.05) is 23.1 Å². The number of ether oxygens (including phenoxy) is 1. The van der Waals surface area contributed by atoms with Crippen LogP contribution in [0.4, 0.5) is 5.82 Å². The number of hydrogen-bond donors (Lipinski definition) is 1. The predicted octanol–water partition coefficient (Wildman–Crippen LogP) is 5.93. The Balaban J connectivity index is 1.51. The van der Waals surface area contributed by atoms with Gasteiger partial charge in [-0.05, 0) is 54.6 Å². The first kappa shape index (κ1) is 19.6. The third-order valence-corrected chi connectivity index (χ3v) is 6.76. The molecule has 0 aliphatic rings. The van der Waals surface area contributed by atoms with Gasteiger partial charge in [-0.25, -0.2) is 9.97 Å². The topological polar surface area (TPSA) is 52.0 Å². The molecule has 0 bridgehead atoms. The van der Waals surface area contributed by atoms with Crippen molar-refractivity contribution >= 4 is 38.3 Å². The third kappa shape index (κ3) is 3.75. The van der Waals surface area contributed by atoms with Crippen LogP contribution in [0.2, 0.25) is 0 Å². The Labute approximate surface area is 185 Å². The highest BCUT2D eigenvalue weighted by atomic mass is 32.1. The van der Waals surface area contributed by atoms with Gasteiger partial charge in [-0.3, -0.25) is 0 Å². The van der Waals surface area contributed by atoms with Crippen LogP contribution in [-0.4, -0.2) is 21.6 Å². The van der Waals surface area contributed by atoms with Crippen molar-refractivity contribution in [2.75, 3.05) is 12.4 Å². The van der Waals surface area contributed by atoms with Gasteiger partial charge in [0.2, 0.25) is 0 Å². The molecule has 0 aliphatic heterocycles. The summed E-state index contributed by atoms with van der Waals surface area (Å²) in [6.07, 6.45) is 2.10. The number of para-hydroxylation sites is 1. The number of hydrogen-bond acceptors (Lipinski definition) is 5. The van der Waals surface area contributed by atoms with E-state index in [0.29, 0.717) is 13.1 Å². The molecule has 0 saturated carbocycles. The third-order valence-electron chi connectivity index (χ3n) is 5.66. The van der Waals surface area contributed by atoms with E-state index in [1.807, 2.05) is 18.2 Å². The van der Waals surface area contributed by atoms with E-state index in [9.17, 15) is 0 Å². The molecule has 5 nitrogen and oxygen atoms in total. The first-order chi connectivity index (χ1) is 15.1. The fourth-order valence-corrected chi connectivity index (χ4v) is 4.94. The molecule has 3 aromatic heterocycles. The van der Waals surface area contributed by atoms with Crippen LogP contribution in [0, 0.1) is 13.8 Å². The highest BCUT2D eigenvalue weighted by Crippen LogP contribution is 2.34. The van der Waals surface area contributed by atoms with E-state index in [4.69, 9.17) is 14.7 Å². The SMILES string of the molecule is COc1cccc(CNc2nc(Cn3ccc4ccccc43)nc3sc(C)c(C)c23)c1. The summed E-state index contributed by atoms with van der Waals surface area (Å²) >= 11 is 1.73. The normalized spacial score (nSPS) is 11.3. The maximum Gasteiger partial charge on any atom is 0.152 e. The number of rotatable bonds is 6. The predicted molar refractivity (Wildman–Crippen MR) is 128 cm³/mol. The smallest absolute Gasteiger partial charge is 0.152 e. The van der Waals surface area contributed by atoms with E-state index >= 15 is 0 Å². The minimum Gasteiger partial charge on any atom is -0.497 e. The van der Waals surface area contributed by atoms with Gasteiger partial charge in [0.05, 0.1) is 19.0 Å². The fraction of sp³-hybridized carbons (Fsp3) is 0.200. The Morgan fingerprint density at radius 2 is 1.90 bits per heavy atom. The van der Waals surface area contributed by atoms with Gasteiger partial charge in [-0.15, -0.1) is 11.3 Å². The lowest BCUT2D eigenvalue weighted by atomic mass is 10.2. The zero-order chi connectivity index (χ0) is 21.4. The lowest BCUT2D eigenvalue weighted by Crippen LogP contribution is -2.08. The van der Waals surface area contributed by atoms with E-state index < -0.39 is 0 Å². The van der Waals surface area contributed by atoms with Crippen molar-refractivity contribution < 1.29 is 4.74 Å². The van der Waals surface area contributed by atoms with Crippen molar-refractivity contribution in [1.82, 2.24) is 14.5 Å². The lowest BCUT2D eigenvalue weighted by molar-refractivity contribution is 0.414. The second kappa shape index (κ2) is 8.04. The summed E-state index contributed by atoms with van der Waals surface area (Å²) in [5.74, 6) is 2.55. The fourth-order valence-electron chi connectivity index (χ4n) is 3.89. The maximum absolute atomic E-state index is 5.36. The highest BCUT2D eigenvalue weighted by molar-refractivity contribution is 7.18. The summed E-state index contributed by atoms with van der Waals surface area (Å²) in [5.41, 5.74) is 3.58. The van der Waals surface area contributed by atoms with Crippen LogP contribution in [0.25, 0.3) is 21.1 Å². The molecule has 156 valence electrons. The maximum atomic E-state index is 5.36. The van der Waals surface area contributed by atoms with Gasteiger partial charge in [0.15, 0.2) is 5.82 Å². The van der Waals surface area contributed by atoms with Gasteiger partial charge in [-0.2, -0.15) is 0 Å². The number of nitrogens with one attached hydrogen (secondary N) is 1. The van der Waals surface area contributed by atoms with Crippen molar-refractivity contribution in [3.05, 3.63) is 82.6 Å². The van der Waals surface area contributed by atoms with Gasteiger partial charge in [-0.1, -0.05) is 30.3 Å². The Morgan fingerprint density at radius 1 is 1.03 bits per heavy atom. The first-order valence-corrected chi connectivity index (χ1v) is 11.1. The molecule has 31 heavy (non-hydrogen) atoms. The molecule has 5 rings (SSSR count). The zero-order valence-electron chi connectivity index (χ0n) is 17.8. The van der Waals surface area contributed by atoms with Crippen LogP contribution < -0.4 is 10.1 Å². The molecule has 0 fully saturated rings. The van der Waals surface area contributed by atoms with Crippen LogP contribution >= 0.6 is 11.3 Å². The summed E-state index contributed by atoms with van der Waals surface area (Å²) in [5, 5.41) is 5.90. The lowest BCUT2D eigenvalue weighted by Gasteiger charge is -2.11. The van der Waals surface area contributed by atoms with Gasteiger partial charge in [0.25, 0.3) is 0 Å². The van der Waals surface area contributed by atoms with Crippen molar-refractivity contribution in [1.29, 1.82) is 0 Å². The summed E-state index contributed by atoms with van der Waals surface area (Å²) in [7, 11) is 1.69. The molecule has 0 atom stereocenters. The number of aryl methyl sites for hydroxylation is 2. The second-order valence-corrected chi connectivity index (χ2v) is 8.86. The molecule has 0 aliphatic carbocycles. The number of aromatic nitrogens is 3. The van der Waals surface area contributed by atoms with E-state index in [-0.39, 0.29) is 0 Å². The van der Waals surface area contributed by atoms with E-state index in [1.54, 1.807) is 18.4 Å². The van der Waals surface area contributed by atoms with Crippen molar-refractivity contribution in [2.45, 2.75) is 26.9 Å². The second-order valence-electron chi connectivity index (χ2n) is 7.66. The average Bonchev–Trinajstić information content (AvgIpc) is 3.32. The van der Waals surface area contributed by atoms with Crippen molar-refractivity contribution in [3.8, 4) is 5.75 Å². The number of anilines is 1. The molecule has 0 spiro atoms. The minimum atomic E-state index is 0.632. The van der Waals surface area contributed by atoms with Crippen molar-refractivity contribution in [2.24, 2.45) is 0 Å². The van der Waals surface area contributed by atoms with Gasteiger partial charge >= 0.3 is 0 Å². The standard InChI is InChI=1S/C25H24N4OS/c1-16-17(2)31-25-23(16)24(26-14-18-7-6-9-20(13-18)30-3)27-22(28-25)15-29-12-11-19-8-4-5-10-21(19)29/h4-13H,14-15H2,1-3H3,(H,26,27,28). The molecular formula is C25H24N4OS. The summed E-state index contributed by atoms with van der Waals surface area (Å²) in [4.78, 5) is 12.2. The van der Waals surface area contributed by atoms with Crippen LogP contribution in [0.3, 0.4) is 0 Å². The molecule has 0 unspecified atom stereocenters. The Morgan fingerprint density at radius 3 is 2.77 bits per heavy atom. The van der Waals surface area contributed by atoms with E-state index in [2.05, 4.69) is 66.3 Å². The molecule has 2 aromatic carbocycles. The largest absolute Gasteiger partial charge is 0.497 e. The summed E-state index contributed by atoms with van der Waals surface area (Å²) in [6, 6.07) is 18.6. The average molecular weight is 429 g/mol. The Bertz CT molecular complexity index is 1390. The highest BCUT2D eigenvalue weighted by Gasteiger charge is 2.15. The molecule has 5 aromatic rings. The number of methoxy groups -OCH3 is 1. The van der Waals surface area contributed by atoms with E-state index in [0.717, 1.165) is 33.2 Å². The molecule has 1 N–H and O–H groups in total. The first-order valence-electron chi connectivity index (χ1n) is 10.3. The minimum absolute atomic E-state index is 0.632. The van der Waals surface area contributed by atoms with Gasteiger partial charge < -0.3 is 14.6 Å². The molecule has 6 heteroatoms. The van der Waals surface area contributed by atoms with Crippen molar-refractivity contribution in [3.63, 3.8) is 0 Å². The van der Waals surface area contributed by atoms with Crippen LogP contribution in [0.1, 0.15) is 21.8 Å². The molecular weight excluding hydrogens is 404 g/mol. The van der Waals surface area contributed by atoms with Crippen LogP contribution in [0.15, 0.2) is 60.8 Å². The van der Waals surface area contributed by atoms with Gasteiger partial charge in [0.1, 0.15) is 16.4 Å². The molecule has 0 saturated heterocycles. The van der Waals surface area contributed by atoms with Crippen LogP contribution in [0.5, 0.6) is 5.75 Å². The monoisotopic (exact) mass is 428 g/mol. The Hall–Kier alpha value is -3.38. The number of benzene rings is 2. The number of thiophene rings is 1. The Kier molecular flexibility index (Phi) is 5.08.